The van der Waals surface area contributed by atoms with Crippen molar-refractivity contribution in [2.24, 2.45) is 0 Å². The maximum Gasteiger partial charge on any atom is 0.318 e. The second-order valence-corrected chi connectivity index (χ2v) is 5.24. The van der Waals surface area contributed by atoms with Crippen LogP contribution in [0.4, 0.5) is 4.79 Å². The van der Waals surface area contributed by atoms with Gasteiger partial charge < -0.3 is 15.0 Å². The van der Waals surface area contributed by atoms with E-state index in [9.17, 15) is 4.79 Å². The van der Waals surface area contributed by atoms with Gasteiger partial charge in [0.05, 0.1) is 13.2 Å². The van der Waals surface area contributed by atoms with Crippen LogP contribution in [-0.2, 0) is 6.54 Å². The molecular weight excluding hydrogens is 278 g/mol. The molecule has 1 aliphatic rings. The van der Waals surface area contributed by atoms with Crippen LogP contribution in [0.2, 0.25) is 0 Å². The molecule has 0 aliphatic carbocycles. The molecule has 2 aromatic rings. The molecule has 3 rings (SSSR count). The van der Waals surface area contributed by atoms with E-state index in [0.717, 1.165) is 18.5 Å². The summed E-state index contributed by atoms with van der Waals surface area (Å²) in [5.41, 5.74) is 2.05. The van der Waals surface area contributed by atoms with Crippen molar-refractivity contribution in [1.29, 1.82) is 0 Å². The third kappa shape index (κ3) is 2.88. The van der Waals surface area contributed by atoms with Crippen LogP contribution >= 0.6 is 0 Å². The third-order valence-electron chi connectivity index (χ3n) is 3.94. The molecule has 114 valence electrons. The number of likely N-dealkylation sites (tertiary alicyclic amines) is 1. The Labute approximate surface area is 129 Å². The summed E-state index contributed by atoms with van der Waals surface area (Å²) >= 11 is 0. The second kappa shape index (κ2) is 6.47. The van der Waals surface area contributed by atoms with Gasteiger partial charge in [0.25, 0.3) is 0 Å². The van der Waals surface area contributed by atoms with Gasteiger partial charge in [-0.05, 0) is 18.1 Å². The molecule has 22 heavy (non-hydrogen) atoms. The zero-order valence-electron chi connectivity index (χ0n) is 12.5. The Morgan fingerprint density at radius 2 is 2.14 bits per heavy atom. The number of carbonyl (C=O) groups is 1. The van der Waals surface area contributed by atoms with E-state index in [2.05, 4.69) is 22.4 Å². The molecule has 0 unspecified atom stereocenters. The number of benzene rings is 1. The highest BCUT2D eigenvalue weighted by Gasteiger charge is 2.33. The molecule has 2 amide bonds. The Morgan fingerprint density at radius 3 is 2.82 bits per heavy atom. The minimum Gasteiger partial charge on any atom is -0.481 e. The summed E-state index contributed by atoms with van der Waals surface area (Å²) < 4.78 is 5.19. The highest BCUT2D eigenvalue weighted by Crippen LogP contribution is 2.32. The summed E-state index contributed by atoms with van der Waals surface area (Å²) in [7, 11) is 1.58. The van der Waals surface area contributed by atoms with Crippen LogP contribution in [0.5, 0.6) is 5.88 Å². The lowest BCUT2D eigenvalue weighted by Crippen LogP contribution is -2.49. The SMILES string of the molecule is COc1ncccc1CNC(=O)N1CC[C@H]1c1ccccc1. The number of ether oxygens (including phenoxy) is 1. The Balaban J connectivity index is 1.61. The molecule has 1 aliphatic heterocycles. The normalized spacial score (nSPS) is 16.8. The molecule has 1 fully saturated rings. The van der Waals surface area contributed by atoms with Crippen LogP contribution in [-0.4, -0.2) is 29.6 Å². The zero-order valence-corrected chi connectivity index (χ0v) is 12.5. The lowest BCUT2D eigenvalue weighted by molar-refractivity contribution is 0.115. The molecule has 0 saturated carbocycles. The fourth-order valence-corrected chi connectivity index (χ4v) is 2.67. The topological polar surface area (TPSA) is 54.5 Å². The first kappa shape index (κ1) is 14.4. The second-order valence-electron chi connectivity index (χ2n) is 5.24. The van der Waals surface area contributed by atoms with E-state index in [-0.39, 0.29) is 12.1 Å². The van der Waals surface area contributed by atoms with Crippen LogP contribution in [0, 0.1) is 0 Å². The fourth-order valence-electron chi connectivity index (χ4n) is 2.67. The van der Waals surface area contributed by atoms with Gasteiger partial charge in [-0.15, -0.1) is 0 Å². The van der Waals surface area contributed by atoms with Crippen molar-refractivity contribution in [3.8, 4) is 5.88 Å². The molecule has 0 radical (unpaired) electrons. The number of pyridine rings is 1. The van der Waals surface area contributed by atoms with Crippen molar-refractivity contribution in [2.75, 3.05) is 13.7 Å². The van der Waals surface area contributed by atoms with Crippen molar-refractivity contribution in [3.05, 3.63) is 59.8 Å². The molecular formula is C17H19N3O2. The average Bonchev–Trinajstić information content (AvgIpc) is 2.53. The number of amides is 2. The van der Waals surface area contributed by atoms with Crippen LogP contribution in [0.15, 0.2) is 48.7 Å². The predicted molar refractivity (Wildman–Crippen MR) is 83.5 cm³/mol. The van der Waals surface area contributed by atoms with Gasteiger partial charge in [-0.2, -0.15) is 0 Å². The van der Waals surface area contributed by atoms with E-state index in [1.807, 2.05) is 35.2 Å². The number of methoxy groups -OCH3 is 1. The molecule has 2 heterocycles. The lowest BCUT2D eigenvalue weighted by atomic mass is 9.95. The molecule has 1 N–H and O–H groups in total. The number of nitrogens with zero attached hydrogens (tertiary/aromatic N) is 2. The fraction of sp³-hybridized carbons (Fsp3) is 0.294. The molecule has 5 heteroatoms. The van der Waals surface area contributed by atoms with Gasteiger partial charge in [0.15, 0.2) is 0 Å². The molecule has 0 spiro atoms. The molecule has 1 atom stereocenters. The standard InChI is InChI=1S/C17H19N3O2/c1-22-16-14(8-5-10-18-16)12-19-17(21)20-11-9-15(20)13-6-3-2-4-7-13/h2-8,10,15H,9,11-12H2,1H3,(H,19,21)/t15-/m0/s1. The van der Waals surface area contributed by atoms with Gasteiger partial charge in [-0.3, -0.25) is 0 Å². The summed E-state index contributed by atoms with van der Waals surface area (Å²) in [6.45, 7) is 1.20. The lowest BCUT2D eigenvalue weighted by Gasteiger charge is -2.41. The van der Waals surface area contributed by atoms with Gasteiger partial charge in [-0.25, -0.2) is 9.78 Å². The van der Waals surface area contributed by atoms with E-state index < -0.39 is 0 Å². The highest BCUT2D eigenvalue weighted by molar-refractivity contribution is 5.75. The smallest absolute Gasteiger partial charge is 0.318 e. The first-order chi connectivity index (χ1) is 10.8. The van der Waals surface area contributed by atoms with Crippen molar-refractivity contribution >= 4 is 6.03 Å². The Hall–Kier alpha value is -2.56. The van der Waals surface area contributed by atoms with Crippen molar-refractivity contribution < 1.29 is 9.53 Å². The number of nitrogens with one attached hydrogen (secondary N) is 1. The van der Waals surface area contributed by atoms with Crippen LogP contribution in [0.25, 0.3) is 0 Å². The highest BCUT2D eigenvalue weighted by atomic mass is 16.5. The van der Waals surface area contributed by atoms with Gasteiger partial charge in [0.2, 0.25) is 5.88 Å². The van der Waals surface area contributed by atoms with Gasteiger partial charge in [0, 0.05) is 24.8 Å². The largest absolute Gasteiger partial charge is 0.481 e. The van der Waals surface area contributed by atoms with E-state index in [0.29, 0.717) is 12.4 Å². The molecule has 1 aromatic heterocycles. The van der Waals surface area contributed by atoms with Gasteiger partial charge in [0.1, 0.15) is 0 Å². The number of urea groups is 1. The van der Waals surface area contributed by atoms with Crippen LogP contribution < -0.4 is 10.1 Å². The van der Waals surface area contributed by atoms with E-state index in [4.69, 9.17) is 4.74 Å². The maximum absolute atomic E-state index is 12.3. The quantitative estimate of drug-likeness (QED) is 0.944. The Bertz CT molecular complexity index is 645. The summed E-state index contributed by atoms with van der Waals surface area (Å²) in [6.07, 6.45) is 2.68. The molecule has 1 aromatic carbocycles. The predicted octanol–water partition coefficient (Wildman–Crippen LogP) is 2.75. The average molecular weight is 297 g/mol. The summed E-state index contributed by atoms with van der Waals surface area (Å²) in [6, 6.07) is 14.0. The number of hydrogen-bond donors (Lipinski definition) is 1. The number of carbonyl (C=O) groups excluding carboxylic acids is 1. The molecule has 5 nitrogen and oxygen atoms in total. The summed E-state index contributed by atoms with van der Waals surface area (Å²) in [5, 5.41) is 2.94. The minimum absolute atomic E-state index is 0.0500. The number of aromatic nitrogens is 1. The zero-order chi connectivity index (χ0) is 15.4. The Kier molecular flexibility index (Phi) is 4.23. The van der Waals surface area contributed by atoms with E-state index >= 15 is 0 Å². The monoisotopic (exact) mass is 297 g/mol. The summed E-state index contributed by atoms with van der Waals surface area (Å²) in [4.78, 5) is 18.3. The minimum atomic E-state index is -0.0500. The Morgan fingerprint density at radius 1 is 1.32 bits per heavy atom. The van der Waals surface area contributed by atoms with Gasteiger partial charge >= 0.3 is 6.03 Å². The third-order valence-corrected chi connectivity index (χ3v) is 3.94. The molecule has 1 saturated heterocycles. The number of rotatable bonds is 4. The van der Waals surface area contributed by atoms with Crippen molar-refractivity contribution in [2.45, 2.75) is 19.0 Å². The van der Waals surface area contributed by atoms with Crippen LogP contribution in [0.3, 0.4) is 0 Å². The first-order valence-corrected chi connectivity index (χ1v) is 7.37. The summed E-state index contributed by atoms with van der Waals surface area (Å²) in [5.74, 6) is 0.547. The molecule has 0 bridgehead atoms. The van der Waals surface area contributed by atoms with Gasteiger partial charge in [-0.1, -0.05) is 36.4 Å². The van der Waals surface area contributed by atoms with E-state index in [1.165, 1.54) is 5.56 Å². The van der Waals surface area contributed by atoms with E-state index in [1.54, 1.807) is 13.3 Å². The van der Waals surface area contributed by atoms with Crippen molar-refractivity contribution in [1.82, 2.24) is 15.2 Å². The van der Waals surface area contributed by atoms with Crippen LogP contribution in [0.1, 0.15) is 23.6 Å². The first-order valence-electron chi connectivity index (χ1n) is 7.37. The maximum atomic E-state index is 12.3. The van der Waals surface area contributed by atoms with Crippen molar-refractivity contribution in [3.63, 3.8) is 0 Å². The number of hydrogen-bond acceptors (Lipinski definition) is 3.